The Bertz CT molecular complexity index is 1750. The molecule has 1 amide bonds. The number of carbonyl (C=O) groups excluding carboxylic acids is 1. The van der Waals surface area contributed by atoms with Crippen LogP contribution in [0.3, 0.4) is 0 Å². The fraction of sp³-hybridized carbons (Fsp3) is 0.333. The molecule has 226 valence electrons. The summed E-state index contributed by atoms with van der Waals surface area (Å²) in [6, 6.07) is 13.2. The maximum absolute atomic E-state index is 12.2. The van der Waals surface area contributed by atoms with Crippen molar-refractivity contribution in [2.24, 2.45) is 13.0 Å². The lowest BCUT2D eigenvalue weighted by Gasteiger charge is -2.48. The molecule has 1 aromatic carbocycles. The highest BCUT2D eigenvalue weighted by Crippen LogP contribution is 2.39. The maximum Gasteiger partial charge on any atom is 0.257 e. The number of methoxy groups -OCH3 is 1. The van der Waals surface area contributed by atoms with Crippen LogP contribution in [0, 0.1) is 17.8 Å². The molecule has 3 aromatic heterocycles. The summed E-state index contributed by atoms with van der Waals surface area (Å²) in [4.78, 5) is 29.8. The van der Waals surface area contributed by atoms with E-state index in [0.717, 1.165) is 37.2 Å². The second kappa shape index (κ2) is 12.4. The van der Waals surface area contributed by atoms with Crippen LogP contribution in [0.15, 0.2) is 61.4 Å². The van der Waals surface area contributed by atoms with Crippen molar-refractivity contribution in [2.75, 3.05) is 39.1 Å². The Labute approximate surface area is 255 Å². The summed E-state index contributed by atoms with van der Waals surface area (Å²) in [7, 11) is 3.46. The van der Waals surface area contributed by atoms with E-state index in [9.17, 15) is 9.90 Å². The predicted octanol–water partition coefficient (Wildman–Crippen LogP) is 3.23. The van der Waals surface area contributed by atoms with Gasteiger partial charge in [0.2, 0.25) is 5.91 Å². The first kappa shape index (κ1) is 29.2. The van der Waals surface area contributed by atoms with Crippen LogP contribution >= 0.6 is 0 Å². The number of likely N-dealkylation sites (tertiary alicyclic amines) is 2. The molecule has 3 N–H and O–H groups in total. The number of benzene rings is 1. The van der Waals surface area contributed by atoms with Gasteiger partial charge in [-0.05, 0) is 49.1 Å². The Balaban J connectivity index is 1.26. The largest absolute Gasteiger partial charge is 0.478 e. The lowest BCUT2D eigenvalue weighted by atomic mass is 9.90. The molecule has 0 aliphatic carbocycles. The van der Waals surface area contributed by atoms with Gasteiger partial charge in [-0.2, -0.15) is 0 Å². The zero-order valence-electron chi connectivity index (χ0n) is 24.8. The third kappa shape index (κ3) is 5.45. The highest BCUT2D eigenvalue weighted by Gasteiger charge is 2.37. The van der Waals surface area contributed by atoms with Crippen molar-refractivity contribution in [3.63, 3.8) is 0 Å². The number of hydrogen-bond acceptors (Lipinski definition) is 9. The fourth-order valence-electron chi connectivity index (χ4n) is 6.09. The number of piperidine rings is 1. The summed E-state index contributed by atoms with van der Waals surface area (Å²) >= 11 is 0. The van der Waals surface area contributed by atoms with Crippen LogP contribution in [0.1, 0.15) is 18.5 Å². The van der Waals surface area contributed by atoms with Crippen molar-refractivity contribution in [1.29, 1.82) is 0 Å². The van der Waals surface area contributed by atoms with Gasteiger partial charge >= 0.3 is 0 Å². The standard InChI is InChI=1S/C33H35N7O4/c1-4-28(42)40-15-14-22(16-23(40)19-41)39-17-21(18-39)10-12-26-29(30-31(34)35-20-36-32(30)38(26)2)25-11-13-27(33(37-25)43-3)44-24-8-6-5-7-9-24/h4-9,11,13,20-23,41H,1,14-19H2,2-3H3,(H2,34,35,36)/t22?,23-/m0/s1. The van der Waals surface area contributed by atoms with Gasteiger partial charge in [0.25, 0.3) is 5.88 Å². The second-order valence-corrected chi connectivity index (χ2v) is 11.0. The number of amides is 1. The molecule has 44 heavy (non-hydrogen) atoms. The van der Waals surface area contributed by atoms with Gasteiger partial charge in [-0.1, -0.05) is 30.7 Å². The van der Waals surface area contributed by atoms with Crippen LogP contribution in [-0.2, 0) is 11.8 Å². The first-order valence-electron chi connectivity index (χ1n) is 14.6. The number of carbonyl (C=O) groups is 1. The summed E-state index contributed by atoms with van der Waals surface area (Å²) in [6.07, 6.45) is 4.36. The number of aromatic nitrogens is 4. The molecule has 1 unspecified atom stereocenters. The van der Waals surface area contributed by atoms with Crippen molar-refractivity contribution >= 4 is 22.8 Å². The van der Waals surface area contributed by atoms with Crippen molar-refractivity contribution in [3.05, 3.63) is 67.1 Å². The van der Waals surface area contributed by atoms with Crippen molar-refractivity contribution in [2.45, 2.75) is 24.9 Å². The second-order valence-electron chi connectivity index (χ2n) is 11.0. The Hall–Kier alpha value is -4.92. The molecule has 2 saturated heterocycles. The molecule has 0 spiro atoms. The van der Waals surface area contributed by atoms with Crippen LogP contribution in [0.5, 0.6) is 17.4 Å². The molecule has 5 heterocycles. The topological polar surface area (TPSA) is 132 Å². The van der Waals surface area contributed by atoms with E-state index >= 15 is 0 Å². The summed E-state index contributed by atoms with van der Waals surface area (Å²) in [5, 5.41) is 10.6. The predicted molar refractivity (Wildman–Crippen MR) is 167 cm³/mol. The minimum atomic E-state index is -0.191. The quantitative estimate of drug-likeness (QED) is 0.245. The first-order chi connectivity index (χ1) is 21.4. The van der Waals surface area contributed by atoms with Gasteiger partial charge < -0.3 is 29.8 Å². The molecule has 2 aliphatic heterocycles. The molecule has 6 rings (SSSR count). The monoisotopic (exact) mass is 593 g/mol. The van der Waals surface area contributed by atoms with E-state index < -0.39 is 0 Å². The number of anilines is 1. The Morgan fingerprint density at radius 2 is 2.00 bits per heavy atom. The number of para-hydroxylation sites is 1. The molecule has 11 nitrogen and oxygen atoms in total. The lowest BCUT2D eigenvalue weighted by Crippen LogP contribution is -2.58. The zero-order chi connectivity index (χ0) is 30.8. The molecule has 2 atom stereocenters. The number of fused-ring (bicyclic) bond motifs is 1. The third-order valence-electron chi connectivity index (χ3n) is 8.42. The van der Waals surface area contributed by atoms with Gasteiger partial charge in [-0.25, -0.2) is 15.0 Å². The molecule has 0 radical (unpaired) electrons. The van der Waals surface area contributed by atoms with Gasteiger partial charge in [0.1, 0.15) is 29.2 Å². The third-order valence-corrected chi connectivity index (χ3v) is 8.42. The Morgan fingerprint density at radius 3 is 2.73 bits per heavy atom. The van der Waals surface area contributed by atoms with Gasteiger partial charge in [0.15, 0.2) is 5.75 Å². The molecule has 0 saturated carbocycles. The number of aryl methyl sites for hydroxylation is 1. The number of aliphatic hydroxyl groups is 1. The molecular formula is C33H35N7O4. The number of pyridine rings is 1. The normalized spacial score (nSPS) is 18.8. The number of hydrogen-bond donors (Lipinski definition) is 2. The van der Waals surface area contributed by atoms with E-state index in [1.165, 1.54) is 12.4 Å². The average molecular weight is 594 g/mol. The van der Waals surface area contributed by atoms with E-state index in [0.29, 0.717) is 52.5 Å². The maximum atomic E-state index is 12.2. The fourth-order valence-corrected chi connectivity index (χ4v) is 6.09. The molecule has 11 heteroatoms. The van der Waals surface area contributed by atoms with Gasteiger partial charge in [-0.15, -0.1) is 0 Å². The minimum absolute atomic E-state index is 0.0544. The van der Waals surface area contributed by atoms with E-state index in [1.807, 2.05) is 54.1 Å². The van der Waals surface area contributed by atoms with Gasteiger partial charge in [-0.3, -0.25) is 9.69 Å². The minimum Gasteiger partial charge on any atom is -0.478 e. The number of nitrogens with two attached hydrogens (primary N) is 1. The summed E-state index contributed by atoms with van der Waals surface area (Å²) in [5.41, 5.74) is 9.12. The van der Waals surface area contributed by atoms with Gasteiger partial charge in [0, 0.05) is 44.2 Å². The molecule has 2 aliphatic rings. The van der Waals surface area contributed by atoms with Crippen LogP contribution in [-0.4, -0.2) is 85.8 Å². The number of aliphatic hydroxyl groups excluding tert-OH is 1. The van der Waals surface area contributed by atoms with Crippen LogP contribution in [0.25, 0.3) is 22.3 Å². The summed E-state index contributed by atoms with van der Waals surface area (Å²) < 4.78 is 13.6. The summed E-state index contributed by atoms with van der Waals surface area (Å²) in [6.45, 7) is 5.79. The van der Waals surface area contributed by atoms with Crippen molar-refractivity contribution in [3.8, 4) is 40.5 Å². The van der Waals surface area contributed by atoms with E-state index in [-0.39, 0.29) is 24.5 Å². The van der Waals surface area contributed by atoms with E-state index in [2.05, 4.69) is 33.3 Å². The highest BCUT2D eigenvalue weighted by molar-refractivity contribution is 6.02. The number of rotatable bonds is 7. The highest BCUT2D eigenvalue weighted by atomic mass is 16.5. The Kier molecular flexibility index (Phi) is 8.19. The zero-order valence-corrected chi connectivity index (χ0v) is 24.8. The molecule has 0 bridgehead atoms. The van der Waals surface area contributed by atoms with Crippen LogP contribution in [0.2, 0.25) is 0 Å². The Morgan fingerprint density at radius 1 is 1.20 bits per heavy atom. The van der Waals surface area contributed by atoms with E-state index in [1.54, 1.807) is 12.0 Å². The van der Waals surface area contributed by atoms with Crippen molar-refractivity contribution < 1.29 is 19.4 Å². The molecular weight excluding hydrogens is 558 g/mol. The van der Waals surface area contributed by atoms with Crippen LogP contribution in [0.4, 0.5) is 5.82 Å². The summed E-state index contributed by atoms with van der Waals surface area (Å²) in [5.74, 6) is 8.74. The molecule has 4 aromatic rings. The van der Waals surface area contributed by atoms with Gasteiger partial charge in [0.05, 0.1) is 30.8 Å². The van der Waals surface area contributed by atoms with Crippen LogP contribution < -0.4 is 15.2 Å². The van der Waals surface area contributed by atoms with E-state index in [4.69, 9.17) is 20.2 Å². The number of ether oxygens (including phenoxy) is 2. The smallest absolute Gasteiger partial charge is 0.257 e. The van der Waals surface area contributed by atoms with Crippen molar-refractivity contribution in [1.82, 2.24) is 29.3 Å². The lowest BCUT2D eigenvalue weighted by molar-refractivity contribution is -0.132. The SMILES string of the molecule is C=CC(=O)N1CCC(N2CC(C#Cc3c(-c4ccc(Oc5ccccc5)c(OC)n4)c4c(N)ncnc4n3C)C2)C[C@H]1CO. The number of nitrogen functional groups attached to an aromatic ring is 1. The molecule has 2 fully saturated rings. The number of nitrogens with zero attached hydrogens (tertiary/aromatic N) is 6. The average Bonchev–Trinajstić information content (AvgIpc) is 3.32. The first-order valence-corrected chi connectivity index (χ1v) is 14.6.